The van der Waals surface area contributed by atoms with Gasteiger partial charge in [0.1, 0.15) is 22.1 Å². The first kappa shape index (κ1) is 25.6. The summed E-state index contributed by atoms with van der Waals surface area (Å²) in [6, 6.07) is 13.5. The normalized spacial score (nSPS) is 21.9. The van der Waals surface area contributed by atoms with E-state index >= 15 is 0 Å². The van der Waals surface area contributed by atoms with E-state index < -0.39 is 23.6 Å². The number of aliphatic hydroxyl groups excluding tert-OH is 1. The second-order valence-corrected chi connectivity index (χ2v) is 8.76. The van der Waals surface area contributed by atoms with Crippen molar-refractivity contribution in [2.24, 2.45) is 11.8 Å². The molecule has 0 radical (unpaired) electrons. The Morgan fingerprint density at radius 3 is 2.21 bits per heavy atom. The van der Waals surface area contributed by atoms with Crippen LogP contribution < -0.4 is 14.8 Å². The van der Waals surface area contributed by atoms with Crippen LogP contribution in [-0.2, 0) is 4.79 Å². The fraction of sp³-hybridized carbons (Fsp3) is 0.385. The maximum atomic E-state index is 13.5. The van der Waals surface area contributed by atoms with Gasteiger partial charge in [0.05, 0.1) is 26.2 Å². The van der Waals surface area contributed by atoms with E-state index in [0.29, 0.717) is 24.2 Å². The predicted molar refractivity (Wildman–Crippen MR) is 130 cm³/mol. The molecule has 1 aliphatic carbocycles. The first-order chi connectivity index (χ1) is 16.3. The molecule has 34 heavy (non-hydrogen) atoms. The number of ketones is 2. The van der Waals surface area contributed by atoms with E-state index in [1.807, 2.05) is 43.3 Å². The molecular weight excluding hydrogens is 458 g/mol. The van der Waals surface area contributed by atoms with Crippen LogP contribution in [0.3, 0.4) is 0 Å². The second-order valence-electron chi connectivity index (χ2n) is 8.39. The van der Waals surface area contributed by atoms with Crippen LogP contribution in [0, 0.1) is 11.8 Å². The first-order valence-corrected chi connectivity index (χ1v) is 11.5. The minimum atomic E-state index is -0.678. The molecule has 7 nitrogen and oxygen atoms in total. The SMILES string of the molecule is COc1cc(OC)c(C(=O)C2C3=C(CC(O)CCN3)C(=O)CC2C)c(O)c1Cl.c1ccccc1. The number of hydrogen-bond acceptors (Lipinski definition) is 7. The van der Waals surface area contributed by atoms with Crippen molar-refractivity contribution in [2.45, 2.75) is 32.3 Å². The molecule has 3 atom stereocenters. The molecule has 0 saturated heterocycles. The predicted octanol–water partition coefficient (Wildman–Crippen LogP) is 4.16. The van der Waals surface area contributed by atoms with Crippen molar-refractivity contribution in [3.8, 4) is 17.2 Å². The van der Waals surface area contributed by atoms with Gasteiger partial charge in [0.2, 0.25) is 0 Å². The number of rotatable bonds is 4. The lowest BCUT2D eigenvalue weighted by Crippen LogP contribution is -2.38. The van der Waals surface area contributed by atoms with Crippen LogP contribution in [0.15, 0.2) is 53.7 Å². The molecule has 0 fully saturated rings. The van der Waals surface area contributed by atoms with Gasteiger partial charge in [-0.3, -0.25) is 9.59 Å². The third kappa shape index (κ3) is 5.37. The van der Waals surface area contributed by atoms with Gasteiger partial charge in [0.25, 0.3) is 0 Å². The first-order valence-electron chi connectivity index (χ1n) is 11.2. The molecular formula is C26H30ClNO6. The molecule has 2 aromatic rings. The Morgan fingerprint density at radius 2 is 1.65 bits per heavy atom. The Hall–Kier alpha value is -3.03. The number of phenols is 1. The summed E-state index contributed by atoms with van der Waals surface area (Å²) >= 11 is 6.16. The van der Waals surface area contributed by atoms with Crippen molar-refractivity contribution in [3.05, 3.63) is 64.3 Å². The summed E-state index contributed by atoms with van der Waals surface area (Å²) in [5.41, 5.74) is 0.941. The number of carbonyl (C=O) groups is 2. The van der Waals surface area contributed by atoms with E-state index in [4.69, 9.17) is 21.1 Å². The van der Waals surface area contributed by atoms with Gasteiger partial charge < -0.3 is 25.0 Å². The summed E-state index contributed by atoms with van der Waals surface area (Å²) < 4.78 is 10.4. The lowest BCUT2D eigenvalue weighted by Gasteiger charge is -2.32. The molecule has 0 amide bonds. The number of ether oxygens (including phenoxy) is 2. The molecule has 3 N–H and O–H groups in total. The van der Waals surface area contributed by atoms with E-state index in [1.165, 1.54) is 20.3 Å². The molecule has 1 heterocycles. The zero-order valence-corrected chi connectivity index (χ0v) is 20.3. The highest BCUT2D eigenvalue weighted by Gasteiger charge is 2.41. The van der Waals surface area contributed by atoms with Gasteiger partial charge in [-0.15, -0.1) is 0 Å². The number of carbonyl (C=O) groups excluding carboxylic acids is 2. The maximum absolute atomic E-state index is 13.5. The van der Waals surface area contributed by atoms with E-state index in [9.17, 15) is 19.8 Å². The number of methoxy groups -OCH3 is 2. The van der Waals surface area contributed by atoms with E-state index in [2.05, 4.69) is 5.32 Å². The lowest BCUT2D eigenvalue weighted by atomic mass is 9.74. The van der Waals surface area contributed by atoms with Gasteiger partial charge in [-0.25, -0.2) is 0 Å². The minimum absolute atomic E-state index is 0.0436. The minimum Gasteiger partial charge on any atom is -0.505 e. The summed E-state index contributed by atoms with van der Waals surface area (Å²) in [6.45, 7) is 2.28. The van der Waals surface area contributed by atoms with Gasteiger partial charge in [-0.05, 0) is 12.3 Å². The fourth-order valence-corrected chi connectivity index (χ4v) is 4.61. The third-order valence-electron chi connectivity index (χ3n) is 6.09. The van der Waals surface area contributed by atoms with Crippen LogP contribution in [0.25, 0.3) is 0 Å². The highest BCUT2D eigenvalue weighted by molar-refractivity contribution is 6.34. The molecule has 0 aromatic heterocycles. The van der Waals surface area contributed by atoms with E-state index in [1.54, 1.807) is 0 Å². The molecule has 0 spiro atoms. The molecule has 0 saturated carbocycles. The topological polar surface area (TPSA) is 105 Å². The molecule has 8 heteroatoms. The lowest BCUT2D eigenvalue weighted by molar-refractivity contribution is -0.117. The summed E-state index contributed by atoms with van der Waals surface area (Å²) in [7, 11) is 2.78. The monoisotopic (exact) mass is 487 g/mol. The molecule has 182 valence electrons. The number of halogens is 1. The summed E-state index contributed by atoms with van der Waals surface area (Å²) in [5.74, 6) is -1.51. The Morgan fingerprint density at radius 1 is 1.06 bits per heavy atom. The number of Topliss-reactive ketones (excluding diaryl/α,β-unsaturated/α-hetero) is 2. The van der Waals surface area contributed by atoms with Crippen LogP contribution in [0.5, 0.6) is 17.2 Å². The number of nitrogens with one attached hydrogen (secondary N) is 1. The Balaban J connectivity index is 0.000000469. The highest BCUT2D eigenvalue weighted by atomic mass is 35.5. The van der Waals surface area contributed by atoms with Crippen LogP contribution in [-0.4, -0.2) is 48.6 Å². The van der Waals surface area contributed by atoms with Gasteiger partial charge in [0.15, 0.2) is 17.3 Å². The molecule has 2 aliphatic rings. The fourth-order valence-electron chi connectivity index (χ4n) is 4.38. The summed E-state index contributed by atoms with van der Waals surface area (Å²) in [4.78, 5) is 26.1. The van der Waals surface area contributed by atoms with E-state index in [-0.39, 0.29) is 46.6 Å². The molecule has 4 rings (SSSR count). The number of aliphatic hydroxyl groups is 1. The van der Waals surface area contributed by atoms with Gasteiger partial charge >= 0.3 is 0 Å². The second kappa shape index (κ2) is 11.4. The summed E-state index contributed by atoms with van der Waals surface area (Å²) in [5, 5.41) is 23.8. The van der Waals surface area contributed by atoms with Gasteiger partial charge in [-0.1, -0.05) is 54.9 Å². The van der Waals surface area contributed by atoms with Crippen LogP contribution in [0.2, 0.25) is 5.02 Å². The zero-order chi connectivity index (χ0) is 24.8. The number of hydrogen-bond donors (Lipinski definition) is 3. The van der Waals surface area contributed by atoms with Crippen molar-refractivity contribution in [1.29, 1.82) is 0 Å². The van der Waals surface area contributed by atoms with Crippen molar-refractivity contribution < 1.29 is 29.3 Å². The number of benzene rings is 2. The molecule has 3 unspecified atom stereocenters. The van der Waals surface area contributed by atoms with Crippen molar-refractivity contribution in [2.75, 3.05) is 20.8 Å². The quantitative estimate of drug-likeness (QED) is 0.556. The smallest absolute Gasteiger partial charge is 0.179 e. The van der Waals surface area contributed by atoms with Crippen molar-refractivity contribution in [1.82, 2.24) is 5.32 Å². The van der Waals surface area contributed by atoms with E-state index in [0.717, 1.165) is 0 Å². The Bertz CT molecular complexity index is 1040. The molecule has 0 bridgehead atoms. The van der Waals surface area contributed by atoms with Crippen molar-refractivity contribution >= 4 is 23.2 Å². The molecule has 2 aromatic carbocycles. The number of phenolic OH excluding ortho intramolecular Hbond substituents is 1. The van der Waals surface area contributed by atoms with Gasteiger partial charge in [0, 0.05) is 36.7 Å². The Labute approximate surface area is 204 Å². The molecule has 1 aliphatic heterocycles. The summed E-state index contributed by atoms with van der Waals surface area (Å²) in [6.07, 6.45) is 0.255. The zero-order valence-electron chi connectivity index (χ0n) is 19.5. The highest BCUT2D eigenvalue weighted by Crippen LogP contribution is 2.45. The Kier molecular flexibility index (Phi) is 8.58. The van der Waals surface area contributed by atoms with Gasteiger partial charge in [-0.2, -0.15) is 0 Å². The van der Waals surface area contributed by atoms with Crippen molar-refractivity contribution in [3.63, 3.8) is 0 Å². The van der Waals surface area contributed by atoms with Crippen LogP contribution in [0.4, 0.5) is 0 Å². The largest absolute Gasteiger partial charge is 0.505 e. The van der Waals surface area contributed by atoms with Crippen LogP contribution in [0.1, 0.15) is 36.5 Å². The maximum Gasteiger partial charge on any atom is 0.179 e. The average Bonchev–Trinajstić information content (AvgIpc) is 3.03. The number of allylic oxidation sites excluding steroid dienone is 1. The average molecular weight is 488 g/mol. The third-order valence-corrected chi connectivity index (χ3v) is 6.45. The standard InChI is InChI=1S/C20H24ClNO6.C6H6/c1-9-6-12(24)11-7-10(23)4-5-22-18(11)15(9)19(25)16-13(27-2)8-14(28-3)17(21)20(16)26;1-2-4-6-5-3-1/h8-10,15,22-23,26H,4-7H2,1-3H3;1-6H. The van der Waals surface area contributed by atoms with Crippen LogP contribution >= 0.6 is 11.6 Å². The number of aromatic hydroxyl groups is 1.